The van der Waals surface area contributed by atoms with Crippen LogP contribution in [-0.4, -0.2) is 47.0 Å². The van der Waals surface area contributed by atoms with E-state index in [4.69, 9.17) is 0 Å². The maximum Gasteiger partial charge on any atom is 0.274 e. The lowest BCUT2D eigenvalue weighted by atomic mass is 10.2. The van der Waals surface area contributed by atoms with Crippen LogP contribution in [0.4, 0.5) is 21.7 Å². The molecule has 7 nitrogen and oxygen atoms in total. The van der Waals surface area contributed by atoms with E-state index in [0.717, 1.165) is 37.8 Å². The number of hydrogen-bond acceptors (Lipinski definition) is 6. The van der Waals surface area contributed by atoms with Crippen LogP contribution in [0.15, 0.2) is 61.1 Å². The number of halogens is 1. The monoisotopic (exact) mass is 378 g/mol. The molecule has 0 bridgehead atoms. The molecular weight excluding hydrogens is 359 g/mol. The number of nitrogens with zero attached hydrogens (tertiary/aromatic N) is 5. The quantitative estimate of drug-likeness (QED) is 0.752. The van der Waals surface area contributed by atoms with Gasteiger partial charge in [0, 0.05) is 38.6 Å². The molecule has 4 rings (SSSR count). The average Bonchev–Trinajstić information content (AvgIpc) is 2.76. The van der Waals surface area contributed by atoms with Crippen molar-refractivity contribution in [2.24, 2.45) is 0 Å². The van der Waals surface area contributed by atoms with Crippen molar-refractivity contribution in [1.82, 2.24) is 15.0 Å². The SMILES string of the molecule is O=C(Nc1ccccc1F)c1ccc(N2CCN(c3ncccn3)CC2)cn1. The lowest BCUT2D eigenvalue weighted by Crippen LogP contribution is -2.47. The molecule has 0 unspecified atom stereocenters. The van der Waals surface area contributed by atoms with Gasteiger partial charge in [-0.3, -0.25) is 4.79 Å². The summed E-state index contributed by atoms with van der Waals surface area (Å²) in [5, 5.41) is 2.54. The number of hydrogen-bond donors (Lipinski definition) is 1. The molecule has 0 aliphatic carbocycles. The molecule has 28 heavy (non-hydrogen) atoms. The first-order chi connectivity index (χ1) is 13.7. The van der Waals surface area contributed by atoms with E-state index in [2.05, 4.69) is 30.1 Å². The highest BCUT2D eigenvalue weighted by Crippen LogP contribution is 2.18. The number of anilines is 3. The first kappa shape index (κ1) is 17.8. The summed E-state index contributed by atoms with van der Waals surface area (Å²) in [6.45, 7) is 3.22. The Balaban J connectivity index is 1.37. The molecule has 0 atom stereocenters. The number of aromatic nitrogens is 3. The van der Waals surface area contributed by atoms with E-state index < -0.39 is 11.7 Å². The first-order valence-corrected chi connectivity index (χ1v) is 8.99. The summed E-state index contributed by atoms with van der Waals surface area (Å²) in [4.78, 5) is 29.4. The molecule has 0 radical (unpaired) electrons. The summed E-state index contributed by atoms with van der Waals surface area (Å²) in [6, 6.07) is 11.4. The minimum Gasteiger partial charge on any atom is -0.367 e. The highest BCUT2D eigenvalue weighted by Gasteiger charge is 2.19. The van der Waals surface area contributed by atoms with Crippen molar-refractivity contribution in [3.63, 3.8) is 0 Å². The molecule has 3 heterocycles. The van der Waals surface area contributed by atoms with Crippen LogP contribution >= 0.6 is 0 Å². The van der Waals surface area contributed by atoms with Crippen LogP contribution in [0.3, 0.4) is 0 Å². The van der Waals surface area contributed by atoms with E-state index >= 15 is 0 Å². The summed E-state index contributed by atoms with van der Waals surface area (Å²) in [6.07, 6.45) is 5.15. The molecule has 1 N–H and O–H groups in total. The molecule has 1 fully saturated rings. The molecule has 8 heteroatoms. The summed E-state index contributed by atoms with van der Waals surface area (Å²) >= 11 is 0. The van der Waals surface area contributed by atoms with Crippen LogP contribution < -0.4 is 15.1 Å². The predicted molar refractivity (Wildman–Crippen MR) is 105 cm³/mol. The van der Waals surface area contributed by atoms with Crippen molar-refractivity contribution in [3.05, 3.63) is 72.6 Å². The van der Waals surface area contributed by atoms with E-state index in [0.29, 0.717) is 0 Å². The number of carbonyl (C=O) groups is 1. The maximum absolute atomic E-state index is 13.7. The summed E-state index contributed by atoms with van der Waals surface area (Å²) in [5.41, 5.74) is 1.32. The van der Waals surface area contributed by atoms with Gasteiger partial charge in [0.05, 0.1) is 17.6 Å². The predicted octanol–water partition coefficient (Wildman–Crippen LogP) is 2.59. The molecule has 3 aromatic rings. The van der Waals surface area contributed by atoms with Crippen molar-refractivity contribution in [2.75, 3.05) is 41.3 Å². The number of carbonyl (C=O) groups excluding carboxylic acids is 1. The van der Waals surface area contributed by atoms with Gasteiger partial charge in [0.1, 0.15) is 11.5 Å². The van der Waals surface area contributed by atoms with Crippen molar-refractivity contribution in [2.45, 2.75) is 0 Å². The Kier molecular flexibility index (Phi) is 5.09. The average molecular weight is 378 g/mol. The van der Waals surface area contributed by atoms with Crippen LogP contribution in [0.5, 0.6) is 0 Å². The van der Waals surface area contributed by atoms with Gasteiger partial charge >= 0.3 is 0 Å². The zero-order chi connectivity index (χ0) is 19.3. The van der Waals surface area contributed by atoms with Gasteiger partial charge in [0.15, 0.2) is 0 Å². The number of pyridine rings is 1. The fraction of sp³-hybridized carbons (Fsp3) is 0.200. The number of rotatable bonds is 4. The smallest absolute Gasteiger partial charge is 0.274 e. The Labute approximate surface area is 161 Å². The number of nitrogens with one attached hydrogen (secondary N) is 1. The standard InChI is InChI=1S/C20H19FN6O/c21-16-4-1-2-5-17(16)25-19(28)18-7-6-15(14-24-18)26-10-12-27(13-11-26)20-22-8-3-9-23-20/h1-9,14H,10-13H2,(H,25,28). The van der Waals surface area contributed by atoms with Crippen LogP contribution in [0.25, 0.3) is 0 Å². The number of piperazine rings is 1. The highest BCUT2D eigenvalue weighted by molar-refractivity contribution is 6.03. The van der Waals surface area contributed by atoms with Crippen LogP contribution in [-0.2, 0) is 0 Å². The van der Waals surface area contributed by atoms with E-state index in [1.807, 2.05) is 6.07 Å². The molecule has 1 aliphatic heterocycles. The fourth-order valence-electron chi connectivity index (χ4n) is 3.08. The second-order valence-corrected chi connectivity index (χ2v) is 6.36. The molecule has 0 spiro atoms. The Morgan fingerprint density at radius 3 is 2.29 bits per heavy atom. The number of amides is 1. The third-order valence-corrected chi connectivity index (χ3v) is 4.58. The summed E-state index contributed by atoms with van der Waals surface area (Å²) in [5.74, 6) is -0.184. The Morgan fingerprint density at radius 1 is 0.893 bits per heavy atom. The van der Waals surface area contributed by atoms with Crippen LogP contribution in [0, 0.1) is 5.82 Å². The minimum absolute atomic E-state index is 0.137. The molecule has 1 amide bonds. The lowest BCUT2D eigenvalue weighted by molar-refractivity contribution is 0.102. The minimum atomic E-state index is -0.479. The Hall–Kier alpha value is -3.55. The third-order valence-electron chi connectivity index (χ3n) is 4.58. The second kappa shape index (κ2) is 7.99. The molecule has 1 saturated heterocycles. The molecule has 0 saturated carbocycles. The van der Waals surface area contributed by atoms with Crippen molar-refractivity contribution in [1.29, 1.82) is 0 Å². The maximum atomic E-state index is 13.7. The third kappa shape index (κ3) is 3.90. The van der Waals surface area contributed by atoms with Gasteiger partial charge in [-0.15, -0.1) is 0 Å². The van der Waals surface area contributed by atoms with Crippen LogP contribution in [0.1, 0.15) is 10.5 Å². The van der Waals surface area contributed by atoms with Gasteiger partial charge in [0.2, 0.25) is 5.95 Å². The largest absolute Gasteiger partial charge is 0.367 e. The van der Waals surface area contributed by atoms with Crippen LogP contribution in [0.2, 0.25) is 0 Å². The molecule has 1 aliphatic rings. The van der Waals surface area contributed by atoms with Gasteiger partial charge in [0.25, 0.3) is 5.91 Å². The normalized spacial score (nSPS) is 14.0. The summed E-state index contributed by atoms with van der Waals surface area (Å²) in [7, 11) is 0. The lowest BCUT2D eigenvalue weighted by Gasteiger charge is -2.35. The first-order valence-electron chi connectivity index (χ1n) is 8.99. The highest BCUT2D eigenvalue weighted by atomic mass is 19.1. The van der Waals surface area contributed by atoms with Gasteiger partial charge in [-0.2, -0.15) is 0 Å². The van der Waals surface area contributed by atoms with Gasteiger partial charge in [-0.05, 0) is 30.3 Å². The van der Waals surface area contributed by atoms with Crippen molar-refractivity contribution < 1.29 is 9.18 Å². The molecular formula is C20H19FN6O. The van der Waals surface area contributed by atoms with Gasteiger partial charge in [-0.1, -0.05) is 12.1 Å². The topological polar surface area (TPSA) is 74.2 Å². The van der Waals surface area contributed by atoms with E-state index in [9.17, 15) is 9.18 Å². The zero-order valence-electron chi connectivity index (χ0n) is 15.1. The molecule has 1 aromatic carbocycles. The van der Waals surface area contributed by atoms with Crippen molar-refractivity contribution >= 4 is 23.2 Å². The Bertz CT molecular complexity index is 942. The van der Waals surface area contributed by atoms with E-state index in [1.165, 1.54) is 12.1 Å². The van der Waals surface area contributed by atoms with Gasteiger partial charge in [-0.25, -0.2) is 19.3 Å². The van der Waals surface area contributed by atoms with Crippen molar-refractivity contribution in [3.8, 4) is 0 Å². The number of para-hydroxylation sites is 1. The number of benzene rings is 1. The van der Waals surface area contributed by atoms with Gasteiger partial charge < -0.3 is 15.1 Å². The van der Waals surface area contributed by atoms with E-state index in [-0.39, 0.29) is 11.4 Å². The molecule has 2 aromatic heterocycles. The Morgan fingerprint density at radius 2 is 1.61 bits per heavy atom. The fourth-order valence-corrected chi connectivity index (χ4v) is 3.08. The second-order valence-electron chi connectivity index (χ2n) is 6.36. The molecule has 142 valence electrons. The zero-order valence-corrected chi connectivity index (χ0v) is 15.1. The summed E-state index contributed by atoms with van der Waals surface area (Å²) < 4.78 is 13.7. The van der Waals surface area contributed by atoms with E-state index in [1.54, 1.807) is 42.9 Å².